The molecule has 0 aliphatic heterocycles. The minimum Gasteiger partial charge on any atom is -0.358 e. The molecule has 4 nitrogen and oxygen atoms in total. The first-order chi connectivity index (χ1) is 11.0. The molecule has 1 saturated carbocycles. The predicted molar refractivity (Wildman–Crippen MR) is 101 cm³/mol. The largest absolute Gasteiger partial charge is 0.358 e. The SMILES string of the molecule is Cc1ccsc1/C=C/C(=O)NNC(=S)N[C@H]1CCC[C@H](C)[C@@H]1C. The van der Waals surface area contributed by atoms with Gasteiger partial charge in [-0.1, -0.05) is 26.7 Å². The van der Waals surface area contributed by atoms with Crippen molar-refractivity contribution in [1.29, 1.82) is 0 Å². The van der Waals surface area contributed by atoms with Gasteiger partial charge in [0, 0.05) is 17.0 Å². The Labute approximate surface area is 147 Å². The van der Waals surface area contributed by atoms with Gasteiger partial charge in [0.05, 0.1) is 0 Å². The fourth-order valence-electron chi connectivity index (χ4n) is 2.86. The number of hydrazine groups is 1. The first-order valence-electron chi connectivity index (χ1n) is 8.06. The number of aryl methyl sites for hydroxylation is 1. The third kappa shape index (κ3) is 5.32. The molecule has 1 amide bonds. The van der Waals surface area contributed by atoms with Crippen molar-refractivity contribution in [3.05, 3.63) is 28.0 Å². The topological polar surface area (TPSA) is 53.2 Å². The lowest BCUT2D eigenvalue weighted by atomic mass is 9.78. The molecule has 0 aromatic carbocycles. The highest BCUT2D eigenvalue weighted by atomic mass is 32.1. The van der Waals surface area contributed by atoms with E-state index in [0.717, 1.165) is 11.3 Å². The van der Waals surface area contributed by atoms with Gasteiger partial charge in [-0.2, -0.15) is 0 Å². The van der Waals surface area contributed by atoms with E-state index in [-0.39, 0.29) is 5.91 Å². The Morgan fingerprint density at radius 1 is 1.35 bits per heavy atom. The van der Waals surface area contributed by atoms with Gasteiger partial charge in [0.25, 0.3) is 5.91 Å². The highest BCUT2D eigenvalue weighted by Gasteiger charge is 2.27. The van der Waals surface area contributed by atoms with Crippen molar-refractivity contribution in [2.75, 3.05) is 0 Å². The highest BCUT2D eigenvalue weighted by Crippen LogP contribution is 2.29. The van der Waals surface area contributed by atoms with Crippen LogP contribution in [0.3, 0.4) is 0 Å². The van der Waals surface area contributed by atoms with Gasteiger partial charge in [-0.25, -0.2) is 0 Å². The van der Waals surface area contributed by atoms with Gasteiger partial charge in [0.15, 0.2) is 5.11 Å². The third-order valence-electron chi connectivity index (χ3n) is 4.61. The summed E-state index contributed by atoms with van der Waals surface area (Å²) in [5.74, 6) is 1.07. The Morgan fingerprint density at radius 3 is 2.83 bits per heavy atom. The van der Waals surface area contributed by atoms with Crippen LogP contribution in [0.2, 0.25) is 0 Å². The quantitative estimate of drug-likeness (QED) is 0.444. The monoisotopic (exact) mass is 351 g/mol. The first-order valence-corrected chi connectivity index (χ1v) is 9.35. The van der Waals surface area contributed by atoms with Gasteiger partial charge in [0.2, 0.25) is 0 Å². The number of rotatable bonds is 3. The molecule has 3 N–H and O–H groups in total. The lowest BCUT2D eigenvalue weighted by Gasteiger charge is -2.35. The number of thiocarbonyl (C=S) groups is 1. The molecule has 0 radical (unpaired) electrons. The van der Waals surface area contributed by atoms with E-state index in [1.807, 2.05) is 24.4 Å². The summed E-state index contributed by atoms with van der Waals surface area (Å²) in [6.45, 7) is 6.57. The lowest BCUT2D eigenvalue weighted by Crippen LogP contribution is -2.52. The van der Waals surface area contributed by atoms with Crippen LogP contribution in [0.1, 0.15) is 43.6 Å². The second-order valence-electron chi connectivity index (χ2n) is 6.26. The van der Waals surface area contributed by atoms with Gasteiger partial charge in [-0.3, -0.25) is 15.6 Å². The fourth-order valence-corrected chi connectivity index (χ4v) is 3.88. The van der Waals surface area contributed by atoms with Crippen LogP contribution in [0.4, 0.5) is 0 Å². The van der Waals surface area contributed by atoms with Crippen molar-refractivity contribution in [2.45, 2.75) is 46.1 Å². The third-order valence-corrected chi connectivity index (χ3v) is 5.81. The maximum absolute atomic E-state index is 11.8. The van der Waals surface area contributed by atoms with Crippen molar-refractivity contribution in [3.8, 4) is 0 Å². The molecule has 23 heavy (non-hydrogen) atoms. The Balaban J connectivity index is 1.74. The molecule has 1 aliphatic rings. The van der Waals surface area contributed by atoms with Crippen molar-refractivity contribution in [1.82, 2.24) is 16.2 Å². The van der Waals surface area contributed by atoms with Crippen LogP contribution in [-0.2, 0) is 4.79 Å². The van der Waals surface area contributed by atoms with Crippen molar-refractivity contribution >= 4 is 40.7 Å². The van der Waals surface area contributed by atoms with Crippen molar-refractivity contribution in [2.24, 2.45) is 11.8 Å². The highest BCUT2D eigenvalue weighted by molar-refractivity contribution is 7.80. The van der Waals surface area contributed by atoms with E-state index in [2.05, 4.69) is 30.0 Å². The summed E-state index contributed by atoms with van der Waals surface area (Å²) in [4.78, 5) is 12.9. The number of hydrogen-bond donors (Lipinski definition) is 3. The van der Waals surface area contributed by atoms with E-state index in [1.165, 1.54) is 24.5 Å². The van der Waals surface area contributed by atoms with E-state index in [1.54, 1.807) is 11.3 Å². The molecule has 0 saturated heterocycles. The summed E-state index contributed by atoms with van der Waals surface area (Å²) in [7, 11) is 0. The normalized spacial score (nSPS) is 24.4. The van der Waals surface area contributed by atoms with Crippen LogP contribution < -0.4 is 16.2 Å². The molecule has 126 valence electrons. The minimum absolute atomic E-state index is 0.216. The van der Waals surface area contributed by atoms with E-state index in [0.29, 0.717) is 23.0 Å². The summed E-state index contributed by atoms with van der Waals surface area (Å²) < 4.78 is 0. The van der Waals surface area contributed by atoms with Gasteiger partial charge in [-0.15, -0.1) is 11.3 Å². The number of thiophene rings is 1. The van der Waals surface area contributed by atoms with Gasteiger partial charge < -0.3 is 5.32 Å². The number of nitrogens with one attached hydrogen (secondary N) is 3. The Bertz CT molecular complexity index is 582. The van der Waals surface area contributed by atoms with Crippen LogP contribution in [0.25, 0.3) is 6.08 Å². The Morgan fingerprint density at radius 2 is 2.13 bits per heavy atom. The molecule has 1 aromatic rings. The summed E-state index contributed by atoms with van der Waals surface area (Å²) in [5, 5.41) is 5.80. The number of carbonyl (C=O) groups excluding carboxylic acids is 1. The zero-order valence-electron chi connectivity index (χ0n) is 13.9. The predicted octanol–water partition coefficient (Wildman–Crippen LogP) is 3.39. The zero-order valence-corrected chi connectivity index (χ0v) is 15.5. The van der Waals surface area contributed by atoms with Crippen LogP contribution in [0, 0.1) is 18.8 Å². The minimum atomic E-state index is -0.216. The molecule has 2 rings (SSSR count). The van der Waals surface area contributed by atoms with Crippen LogP contribution in [0.15, 0.2) is 17.5 Å². The second-order valence-corrected chi connectivity index (χ2v) is 7.62. The van der Waals surface area contributed by atoms with Crippen LogP contribution >= 0.6 is 23.6 Å². The van der Waals surface area contributed by atoms with E-state index in [9.17, 15) is 4.79 Å². The molecule has 1 aromatic heterocycles. The first kappa shape index (κ1) is 17.9. The van der Waals surface area contributed by atoms with E-state index >= 15 is 0 Å². The molecular weight excluding hydrogens is 326 g/mol. The van der Waals surface area contributed by atoms with Gasteiger partial charge in [0.1, 0.15) is 0 Å². The Kier molecular flexibility index (Phi) is 6.59. The molecule has 6 heteroatoms. The van der Waals surface area contributed by atoms with Crippen molar-refractivity contribution < 1.29 is 4.79 Å². The molecule has 0 bridgehead atoms. The van der Waals surface area contributed by atoms with Gasteiger partial charge >= 0.3 is 0 Å². The molecule has 0 unspecified atom stereocenters. The summed E-state index contributed by atoms with van der Waals surface area (Å²) in [5.41, 5.74) is 6.56. The average Bonchev–Trinajstić information content (AvgIpc) is 2.93. The maximum Gasteiger partial charge on any atom is 0.262 e. The number of carbonyl (C=O) groups is 1. The second kappa shape index (κ2) is 8.45. The summed E-state index contributed by atoms with van der Waals surface area (Å²) in [6.07, 6.45) is 6.96. The number of amides is 1. The smallest absolute Gasteiger partial charge is 0.262 e. The van der Waals surface area contributed by atoms with Crippen molar-refractivity contribution in [3.63, 3.8) is 0 Å². The fraction of sp³-hybridized carbons (Fsp3) is 0.529. The maximum atomic E-state index is 11.8. The van der Waals surface area contributed by atoms with Crippen LogP contribution in [-0.4, -0.2) is 17.1 Å². The lowest BCUT2D eigenvalue weighted by molar-refractivity contribution is -0.116. The summed E-state index contributed by atoms with van der Waals surface area (Å²) >= 11 is 6.88. The zero-order chi connectivity index (χ0) is 16.8. The summed E-state index contributed by atoms with van der Waals surface area (Å²) in [6, 6.07) is 2.41. The molecule has 3 atom stereocenters. The molecule has 1 aliphatic carbocycles. The van der Waals surface area contributed by atoms with E-state index < -0.39 is 0 Å². The molecule has 1 fully saturated rings. The Hall–Kier alpha value is -1.40. The molecule has 0 spiro atoms. The molecule has 1 heterocycles. The van der Waals surface area contributed by atoms with Crippen LogP contribution in [0.5, 0.6) is 0 Å². The van der Waals surface area contributed by atoms with E-state index in [4.69, 9.17) is 12.2 Å². The number of hydrogen-bond acceptors (Lipinski definition) is 3. The average molecular weight is 352 g/mol. The molecular formula is C17H25N3OS2. The van der Waals surface area contributed by atoms with Gasteiger partial charge in [-0.05, 0) is 60.5 Å². The standard InChI is InChI=1S/C17H25N3OS2/c1-11-5-4-6-14(13(11)3)18-17(22)20-19-16(21)8-7-15-12(2)9-10-23-15/h7-11,13-14H,4-6H2,1-3H3,(H,19,21)(H2,18,20,22)/b8-7+/t11-,13-,14-/m0/s1.